The fraction of sp³-hybridized carbons (Fsp3) is 0.556. The summed E-state index contributed by atoms with van der Waals surface area (Å²) < 4.78 is 0. The summed E-state index contributed by atoms with van der Waals surface area (Å²) in [5.41, 5.74) is 6.42. The number of nitrogens with two attached hydrogens (primary N) is 1. The minimum absolute atomic E-state index is 0.0123. The third-order valence-corrected chi connectivity index (χ3v) is 5.20. The van der Waals surface area contributed by atoms with Crippen LogP contribution in [-0.2, 0) is 15.1 Å². The van der Waals surface area contributed by atoms with E-state index in [2.05, 4.69) is 17.4 Å². The maximum atomic E-state index is 12.6. The van der Waals surface area contributed by atoms with Crippen molar-refractivity contribution in [2.75, 3.05) is 13.1 Å². The predicted molar refractivity (Wildman–Crippen MR) is 88.5 cm³/mol. The molecule has 0 radical (unpaired) electrons. The van der Waals surface area contributed by atoms with Crippen LogP contribution in [0.15, 0.2) is 30.3 Å². The Morgan fingerprint density at radius 3 is 2.52 bits per heavy atom. The maximum Gasteiger partial charge on any atom is 0.234 e. The van der Waals surface area contributed by atoms with E-state index in [1.165, 1.54) is 5.56 Å². The Kier molecular flexibility index (Phi) is 4.66. The molecule has 1 aliphatic carbocycles. The highest BCUT2D eigenvalue weighted by Gasteiger charge is 2.40. The van der Waals surface area contributed by atoms with Gasteiger partial charge in [0.2, 0.25) is 11.8 Å². The molecule has 0 bridgehead atoms. The molecule has 2 amide bonds. The van der Waals surface area contributed by atoms with Gasteiger partial charge in [0, 0.05) is 0 Å². The second-order valence-electron chi connectivity index (χ2n) is 6.73. The minimum atomic E-state index is -0.320. The number of likely N-dealkylation sites (tertiary alicyclic amines) is 1. The third kappa shape index (κ3) is 3.39. The second-order valence-corrected chi connectivity index (χ2v) is 6.73. The maximum absolute atomic E-state index is 12.6. The van der Waals surface area contributed by atoms with Crippen LogP contribution in [0.4, 0.5) is 0 Å². The Morgan fingerprint density at radius 1 is 1.17 bits per heavy atom. The summed E-state index contributed by atoms with van der Waals surface area (Å²) in [5, 5.41) is 3.22. The Morgan fingerprint density at radius 2 is 1.91 bits per heavy atom. The summed E-state index contributed by atoms with van der Waals surface area (Å²) in [7, 11) is 0. The van der Waals surface area contributed by atoms with E-state index in [-0.39, 0.29) is 29.9 Å². The van der Waals surface area contributed by atoms with Gasteiger partial charge in [0.15, 0.2) is 0 Å². The van der Waals surface area contributed by atoms with Crippen LogP contribution in [-0.4, -0.2) is 35.8 Å². The largest absolute Gasteiger partial charge is 0.368 e. The van der Waals surface area contributed by atoms with E-state index >= 15 is 0 Å². The molecule has 124 valence electrons. The quantitative estimate of drug-likeness (QED) is 0.865. The number of carbonyl (C=O) groups excluding carboxylic acids is 2. The van der Waals surface area contributed by atoms with Crippen LogP contribution in [0.5, 0.6) is 0 Å². The van der Waals surface area contributed by atoms with Crippen LogP contribution >= 0.6 is 0 Å². The van der Waals surface area contributed by atoms with Crippen molar-refractivity contribution >= 4 is 11.8 Å². The number of carbonyl (C=O) groups is 2. The van der Waals surface area contributed by atoms with Gasteiger partial charge in [0.1, 0.15) is 0 Å². The minimum Gasteiger partial charge on any atom is -0.368 e. The molecule has 23 heavy (non-hydrogen) atoms. The van der Waals surface area contributed by atoms with Crippen LogP contribution < -0.4 is 11.1 Å². The summed E-state index contributed by atoms with van der Waals surface area (Å²) in [6.07, 6.45) is 5.85. The van der Waals surface area contributed by atoms with Gasteiger partial charge in [-0.15, -0.1) is 0 Å². The highest BCUT2D eigenvalue weighted by molar-refractivity contribution is 5.83. The van der Waals surface area contributed by atoms with E-state index < -0.39 is 0 Å². The zero-order chi connectivity index (χ0) is 16.3. The van der Waals surface area contributed by atoms with E-state index in [4.69, 9.17) is 5.73 Å². The molecule has 1 saturated carbocycles. The standard InChI is InChI=1S/C18H25N3O2/c19-17(23)15-9-4-5-12-21(15)13-16(22)20-18(10-6-11-18)14-7-2-1-3-8-14/h1-3,7-8,15H,4-6,9-13H2,(H2,19,23)(H,20,22). The summed E-state index contributed by atoms with van der Waals surface area (Å²) in [6.45, 7) is 1.02. The number of amides is 2. The first-order chi connectivity index (χ1) is 11.1. The average Bonchev–Trinajstić information content (AvgIpc) is 2.52. The summed E-state index contributed by atoms with van der Waals surface area (Å²) in [4.78, 5) is 26.1. The SMILES string of the molecule is NC(=O)C1CCCCN1CC(=O)NC1(c2ccccc2)CCC1. The van der Waals surface area contributed by atoms with Gasteiger partial charge in [-0.3, -0.25) is 14.5 Å². The monoisotopic (exact) mass is 315 g/mol. The molecule has 1 aromatic rings. The fourth-order valence-electron chi connectivity index (χ4n) is 3.77. The molecular weight excluding hydrogens is 290 g/mol. The summed E-state index contributed by atoms with van der Waals surface area (Å²) in [5.74, 6) is -0.333. The predicted octanol–water partition coefficient (Wildman–Crippen LogP) is 1.52. The van der Waals surface area contributed by atoms with Crippen molar-refractivity contribution in [2.45, 2.75) is 50.1 Å². The van der Waals surface area contributed by atoms with Gasteiger partial charge in [0.25, 0.3) is 0 Å². The van der Waals surface area contributed by atoms with Gasteiger partial charge in [0.05, 0.1) is 18.1 Å². The number of hydrogen-bond donors (Lipinski definition) is 2. The highest BCUT2D eigenvalue weighted by Crippen LogP contribution is 2.41. The van der Waals surface area contributed by atoms with Crippen molar-refractivity contribution in [3.63, 3.8) is 0 Å². The lowest BCUT2D eigenvalue weighted by Gasteiger charge is -2.44. The number of piperidine rings is 1. The zero-order valence-electron chi connectivity index (χ0n) is 13.5. The molecular formula is C18H25N3O2. The topological polar surface area (TPSA) is 75.4 Å². The van der Waals surface area contributed by atoms with Gasteiger partial charge in [-0.1, -0.05) is 36.8 Å². The van der Waals surface area contributed by atoms with Crippen LogP contribution in [0, 0.1) is 0 Å². The van der Waals surface area contributed by atoms with E-state index in [0.29, 0.717) is 0 Å². The molecule has 1 atom stereocenters. The molecule has 3 rings (SSSR count). The normalized spacial score (nSPS) is 23.7. The van der Waals surface area contributed by atoms with Gasteiger partial charge in [-0.05, 0) is 44.2 Å². The first-order valence-corrected chi connectivity index (χ1v) is 8.51. The Bertz CT molecular complexity index is 569. The molecule has 2 fully saturated rings. The fourth-order valence-corrected chi connectivity index (χ4v) is 3.77. The van der Waals surface area contributed by atoms with Crippen LogP contribution in [0.1, 0.15) is 44.1 Å². The molecule has 5 heteroatoms. The Balaban J connectivity index is 1.65. The van der Waals surface area contributed by atoms with Crippen molar-refractivity contribution < 1.29 is 9.59 Å². The number of nitrogens with one attached hydrogen (secondary N) is 1. The summed E-state index contributed by atoms with van der Waals surface area (Å²) in [6, 6.07) is 9.86. The zero-order valence-corrected chi connectivity index (χ0v) is 13.5. The molecule has 0 aromatic heterocycles. The van der Waals surface area contributed by atoms with Crippen molar-refractivity contribution in [2.24, 2.45) is 5.73 Å². The molecule has 2 aliphatic rings. The molecule has 1 heterocycles. The molecule has 0 spiro atoms. The first kappa shape index (κ1) is 16.0. The van der Waals surface area contributed by atoms with Gasteiger partial charge >= 0.3 is 0 Å². The van der Waals surface area contributed by atoms with E-state index in [9.17, 15) is 9.59 Å². The van der Waals surface area contributed by atoms with Crippen molar-refractivity contribution in [1.82, 2.24) is 10.2 Å². The number of primary amides is 1. The first-order valence-electron chi connectivity index (χ1n) is 8.51. The van der Waals surface area contributed by atoms with Gasteiger partial charge in [-0.2, -0.15) is 0 Å². The highest BCUT2D eigenvalue weighted by atomic mass is 16.2. The molecule has 1 saturated heterocycles. The van der Waals surface area contributed by atoms with Crippen molar-refractivity contribution in [3.8, 4) is 0 Å². The molecule has 3 N–H and O–H groups in total. The summed E-state index contributed by atoms with van der Waals surface area (Å²) >= 11 is 0. The van der Waals surface area contributed by atoms with E-state index in [0.717, 1.165) is 45.1 Å². The van der Waals surface area contributed by atoms with Crippen LogP contribution in [0.3, 0.4) is 0 Å². The third-order valence-electron chi connectivity index (χ3n) is 5.20. The Labute approximate surface area is 137 Å². The number of hydrogen-bond acceptors (Lipinski definition) is 3. The average molecular weight is 315 g/mol. The van der Waals surface area contributed by atoms with Crippen LogP contribution in [0.2, 0.25) is 0 Å². The molecule has 1 unspecified atom stereocenters. The lowest BCUT2D eigenvalue weighted by Crippen LogP contribution is -2.56. The lowest BCUT2D eigenvalue weighted by molar-refractivity contribution is -0.129. The Hall–Kier alpha value is -1.88. The molecule has 5 nitrogen and oxygen atoms in total. The number of nitrogens with zero attached hydrogens (tertiary/aromatic N) is 1. The van der Waals surface area contributed by atoms with E-state index in [1.54, 1.807) is 0 Å². The van der Waals surface area contributed by atoms with Crippen molar-refractivity contribution in [1.29, 1.82) is 0 Å². The number of rotatable bonds is 5. The van der Waals surface area contributed by atoms with Crippen molar-refractivity contribution in [3.05, 3.63) is 35.9 Å². The van der Waals surface area contributed by atoms with Gasteiger partial charge < -0.3 is 11.1 Å². The number of benzene rings is 1. The smallest absolute Gasteiger partial charge is 0.234 e. The van der Waals surface area contributed by atoms with Gasteiger partial charge in [-0.25, -0.2) is 0 Å². The van der Waals surface area contributed by atoms with E-state index in [1.807, 2.05) is 23.1 Å². The van der Waals surface area contributed by atoms with Crippen LogP contribution in [0.25, 0.3) is 0 Å². The molecule has 1 aromatic carbocycles. The lowest BCUT2D eigenvalue weighted by atomic mass is 9.72. The molecule has 1 aliphatic heterocycles. The second kappa shape index (κ2) is 6.71.